The zero-order valence-electron chi connectivity index (χ0n) is 14.3. The number of phenolic OH excluding ortho intramolecular Hbond substituents is 1. The van der Waals surface area contributed by atoms with Crippen LogP contribution in [-0.4, -0.2) is 59.9 Å². The Balaban J connectivity index is 2.60. The van der Waals surface area contributed by atoms with E-state index in [0.29, 0.717) is 5.56 Å². The van der Waals surface area contributed by atoms with Crippen molar-refractivity contribution in [2.45, 2.75) is 19.9 Å². The zero-order valence-corrected chi connectivity index (χ0v) is 14.3. The van der Waals surface area contributed by atoms with Crippen molar-refractivity contribution >= 4 is 5.69 Å². The van der Waals surface area contributed by atoms with Crippen LogP contribution in [0.3, 0.4) is 0 Å². The summed E-state index contributed by atoms with van der Waals surface area (Å²) in [6.45, 7) is 6.65. The van der Waals surface area contributed by atoms with E-state index in [0.717, 1.165) is 26.2 Å². The van der Waals surface area contributed by atoms with Crippen LogP contribution in [0.25, 0.3) is 0 Å². The van der Waals surface area contributed by atoms with Crippen molar-refractivity contribution in [3.8, 4) is 11.5 Å². The molecule has 0 amide bonds. The first-order chi connectivity index (χ1) is 11.3. The first-order valence-corrected chi connectivity index (χ1v) is 7.92. The Hall–Kier alpha value is -1.90. The summed E-state index contributed by atoms with van der Waals surface area (Å²) >= 11 is 0. The minimum atomic E-state index is -0.602. The Bertz CT molecular complexity index is 600. The molecule has 1 atom stereocenters. The number of aliphatic hydroxyl groups is 1. The van der Waals surface area contributed by atoms with Gasteiger partial charge in [-0.25, -0.2) is 0 Å². The van der Waals surface area contributed by atoms with Gasteiger partial charge in [0, 0.05) is 55.9 Å². The third-order valence-corrected chi connectivity index (χ3v) is 4.48. The molecule has 0 radical (unpaired) electrons. The van der Waals surface area contributed by atoms with Crippen molar-refractivity contribution in [2.75, 3.05) is 39.9 Å². The summed E-state index contributed by atoms with van der Waals surface area (Å²) in [5.41, 5.74) is -0.342. The number of nitro groups is 1. The van der Waals surface area contributed by atoms with Gasteiger partial charge in [0.1, 0.15) is 0 Å². The fourth-order valence-corrected chi connectivity index (χ4v) is 3.22. The van der Waals surface area contributed by atoms with Gasteiger partial charge in [-0.15, -0.1) is 0 Å². The van der Waals surface area contributed by atoms with Gasteiger partial charge >= 0.3 is 0 Å². The molecule has 1 heterocycles. The summed E-state index contributed by atoms with van der Waals surface area (Å²) < 4.78 is 5.11. The van der Waals surface area contributed by atoms with Crippen molar-refractivity contribution in [2.24, 2.45) is 5.41 Å². The van der Waals surface area contributed by atoms with Gasteiger partial charge in [0.15, 0.2) is 11.5 Å². The number of ether oxygens (including phenoxy) is 1. The van der Waals surface area contributed by atoms with Crippen LogP contribution in [0, 0.1) is 15.5 Å². The highest BCUT2D eigenvalue weighted by atomic mass is 16.6. The fraction of sp³-hybridized carbons (Fsp3) is 0.625. The molecular weight excluding hydrogens is 314 g/mol. The SMILES string of the molecule is COc1cc([N+](=O)[O-])cc([C@H](N2CCNCC2)C(C)(C)CO)c1O. The molecule has 0 aliphatic carbocycles. The van der Waals surface area contributed by atoms with Gasteiger partial charge < -0.3 is 20.3 Å². The normalized spacial score (nSPS) is 17.5. The van der Waals surface area contributed by atoms with Crippen LogP contribution in [0.4, 0.5) is 5.69 Å². The number of hydrogen-bond acceptors (Lipinski definition) is 7. The number of aromatic hydroxyl groups is 1. The molecule has 0 spiro atoms. The second-order valence-electron chi connectivity index (χ2n) is 6.68. The van der Waals surface area contributed by atoms with E-state index in [9.17, 15) is 20.3 Å². The molecule has 0 unspecified atom stereocenters. The second kappa shape index (κ2) is 7.33. The number of phenols is 1. The number of piperazine rings is 1. The molecule has 8 nitrogen and oxygen atoms in total. The van der Waals surface area contributed by atoms with Gasteiger partial charge in [-0.05, 0) is 0 Å². The van der Waals surface area contributed by atoms with Crippen molar-refractivity contribution in [1.29, 1.82) is 0 Å². The van der Waals surface area contributed by atoms with E-state index in [1.54, 1.807) is 0 Å². The minimum Gasteiger partial charge on any atom is -0.504 e. The lowest BCUT2D eigenvalue weighted by Gasteiger charge is -2.43. The van der Waals surface area contributed by atoms with Crippen molar-refractivity contribution in [3.63, 3.8) is 0 Å². The Kier molecular flexibility index (Phi) is 5.63. The van der Waals surface area contributed by atoms with E-state index in [-0.39, 0.29) is 29.8 Å². The average Bonchev–Trinajstić information content (AvgIpc) is 2.57. The van der Waals surface area contributed by atoms with Gasteiger partial charge in [0.05, 0.1) is 18.1 Å². The Morgan fingerprint density at radius 2 is 2.04 bits per heavy atom. The molecule has 3 N–H and O–H groups in total. The maximum absolute atomic E-state index is 11.2. The summed E-state index contributed by atoms with van der Waals surface area (Å²) in [5.74, 6) is -0.0544. The van der Waals surface area contributed by atoms with Crippen LogP contribution in [0.15, 0.2) is 12.1 Å². The molecule has 24 heavy (non-hydrogen) atoms. The van der Waals surface area contributed by atoms with E-state index in [4.69, 9.17) is 4.74 Å². The number of rotatable bonds is 6. The first-order valence-electron chi connectivity index (χ1n) is 7.92. The third kappa shape index (κ3) is 3.61. The third-order valence-electron chi connectivity index (χ3n) is 4.48. The number of non-ortho nitro benzene ring substituents is 1. The molecule has 1 saturated heterocycles. The van der Waals surface area contributed by atoms with Gasteiger partial charge in [-0.2, -0.15) is 0 Å². The lowest BCUT2D eigenvalue weighted by molar-refractivity contribution is -0.385. The summed E-state index contributed by atoms with van der Waals surface area (Å²) in [7, 11) is 1.36. The predicted molar refractivity (Wildman–Crippen MR) is 89.4 cm³/mol. The smallest absolute Gasteiger partial charge is 0.273 e. The Labute approximate surface area is 141 Å². The lowest BCUT2D eigenvalue weighted by Crippen LogP contribution is -2.49. The number of hydrogen-bond donors (Lipinski definition) is 3. The lowest BCUT2D eigenvalue weighted by atomic mass is 9.79. The van der Waals surface area contributed by atoms with Crippen molar-refractivity contribution in [1.82, 2.24) is 10.2 Å². The van der Waals surface area contributed by atoms with E-state index in [1.807, 2.05) is 13.8 Å². The van der Waals surface area contributed by atoms with Crippen LogP contribution >= 0.6 is 0 Å². The van der Waals surface area contributed by atoms with E-state index >= 15 is 0 Å². The number of nitrogens with zero attached hydrogens (tertiary/aromatic N) is 2. The maximum atomic E-state index is 11.2. The highest BCUT2D eigenvalue weighted by Crippen LogP contribution is 2.46. The summed E-state index contributed by atoms with van der Waals surface area (Å²) in [6, 6.07) is 2.21. The highest BCUT2D eigenvalue weighted by Gasteiger charge is 2.38. The topological polar surface area (TPSA) is 108 Å². The Morgan fingerprint density at radius 1 is 1.42 bits per heavy atom. The molecule has 1 aliphatic heterocycles. The first kappa shape index (κ1) is 18.4. The second-order valence-corrected chi connectivity index (χ2v) is 6.68. The molecule has 0 aromatic heterocycles. The molecule has 0 saturated carbocycles. The molecular formula is C16H25N3O5. The quantitative estimate of drug-likeness (QED) is 0.529. The maximum Gasteiger partial charge on any atom is 0.273 e. The van der Waals surface area contributed by atoms with Gasteiger partial charge in [-0.3, -0.25) is 15.0 Å². The Morgan fingerprint density at radius 3 is 2.54 bits per heavy atom. The fourth-order valence-electron chi connectivity index (χ4n) is 3.22. The number of aliphatic hydroxyl groups excluding tert-OH is 1. The predicted octanol–water partition coefficient (Wildman–Crippen LogP) is 1.27. The number of nitrogens with one attached hydrogen (secondary N) is 1. The summed E-state index contributed by atoms with van der Waals surface area (Å²) in [5, 5.41) is 35.0. The molecule has 134 valence electrons. The summed E-state index contributed by atoms with van der Waals surface area (Å²) in [4.78, 5) is 12.9. The monoisotopic (exact) mass is 339 g/mol. The standard InChI is InChI=1S/C16H25N3O5/c1-16(2,10-20)15(18-6-4-17-5-7-18)12-8-11(19(22)23)9-13(24-3)14(12)21/h8-9,15,17,20-21H,4-7,10H2,1-3H3/t15-/m0/s1. The van der Waals surface area contributed by atoms with Gasteiger partial charge in [0.25, 0.3) is 5.69 Å². The molecule has 1 aromatic rings. The van der Waals surface area contributed by atoms with Crippen LogP contribution in [0.1, 0.15) is 25.5 Å². The number of nitro benzene ring substituents is 1. The van der Waals surface area contributed by atoms with Crippen molar-refractivity contribution < 1.29 is 19.9 Å². The highest BCUT2D eigenvalue weighted by molar-refractivity contribution is 5.55. The molecule has 1 fully saturated rings. The van der Waals surface area contributed by atoms with Crippen LogP contribution in [-0.2, 0) is 0 Å². The van der Waals surface area contributed by atoms with Crippen LogP contribution in [0.5, 0.6) is 11.5 Å². The van der Waals surface area contributed by atoms with Crippen LogP contribution < -0.4 is 10.1 Å². The minimum absolute atomic E-state index is 0.0630. The molecule has 1 aliphatic rings. The summed E-state index contributed by atoms with van der Waals surface area (Å²) in [6.07, 6.45) is 0. The largest absolute Gasteiger partial charge is 0.504 e. The number of benzene rings is 1. The van der Waals surface area contributed by atoms with E-state index < -0.39 is 10.3 Å². The van der Waals surface area contributed by atoms with Gasteiger partial charge in [0.2, 0.25) is 0 Å². The molecule has 8 heteroatoms. The van der Waals surface area contributed by atoms with Gasteiger partial charge in [-0.1, -0.05) is 13.8 Å². The molecule has 0 bridgehead atoms. The number of methoxy groups -OCH3 is 1. The molecule has 1 aromatic carbocycles. The molecule has 2 rings (SSSR count). The van der Waals surface area contributed by atoms with E-state index in [1.165, 1.54) is 19.2 Å². The van der Waals surface area contributed by atoms with Crippen LogP contribution in [0.2, 0.25) is 0 Å². The van der Waals surface area contributed by atoms with Crippen molar-refractivity contribution in [3.05, 3.63) is 27.8 Å². The van der Waals surface area contributed by atoms with E-state index in [2.05, 4.69) is 10.2 Å². The zero-order chi connectivity index (χ0) is 17.9. The average molecular weight is 339 g/mol.